The third-order valence-corrected chi connectivity index (χ3v) is 2.56. The third-order valence-electron chi connectivity index (χ3n) is 2.56. The fraction of sp³-hybridized carbons (Fsp3) is 1.00. The molecule has 1 rings (SSSR count). The molecule has 0 aliphatic carbocycles. The highest BCUT2D eigenvalue weighted by Gasteiger charge is 2.34. The van der Waals surface area contributed by atoms with Crippen LogP contribution in [0.25, 0.3) is 0 Å². The van der Waals surface area contributed by atoms with E-state index in [-0.39, 0.29) is 5.79 Å². The molecule has 0 saturated carbocycles. The minimum absolute atomic E-state index is 0.282. The Balaban J connectivity index is 2.47. The van der Waals surface area contributed by atoms with E-state index in [2.05, 4.69) is 11.9 Å². The zero-order chi connectivity index (χ0) is 9.73. The first-order valence-electron chi connectivity index (χ1n) is 5.19. The van der Waals surface area contributed by atoms with E-state index < -0.39 is 0 Å². The summed E-state index contributed by atoms with van der Waals surface area (Å²) in [6.45, 7) is 7.67. The Kier molecular flexibility index (Phi) is 4.16. The molecule has 0 amide bonds. The maximum Gasteiger partial charge on any atom is 0.170 e. The number of ether oxygens (including phenoxy) is 2. The predicted molar refractivity (Wildman–Crippen MR) is 52.7 cm³/mol. The number of likely N-dealkylation sites (tertiary alicyclic amines) is 1. The van der Waals surface area contributed by atoms with Crippen molar-refractivity contribution in [3.8, 4) is 0 Å². The fourth-order valence-electron chi connectivity index (χ4n) is 1.82. The summed E-state index contributed by atoms with van der Waals surface area (Å²) in [5, 5.41) is 0. The second-order valence-electron chi connectivity index (χ2n) is 3.58. The normalized spacial score (nSPS) is 23.3. The summed E-state index contributed by atoms with van der Waals surface area (Å²) < 4.78 is 11.4. The molecule has 0 aromatic carbocycles. The number of hydrogen-bond donors (Lipinski definition) is 0. The second-order valence-corrected chi connectivity index (χ2v) is 3.58. The van der Waals surface area contributed by atoms with Crippen molar-refractivity contribution in [3.63, 3.8) is 0 Å². The molecule has 3 heteroatoms. The highest BCUT2D eigenvalue weighted by molar-refractivity contribution is 4.78. The lowest BCUT2D eigenvalue weighted by atomic mass is 10.0. The summed E-state index contributed by atoms with van der Waals surface area (Å²) in [6.07, 6.45) is 1.98. The van der Waals surface area contributed by atoms with Crippen molar-refractivity contribution >= 4 is 0 Å². The third kappa shape index (κ3) is 2.93. The molecular formula is C10H21NO2. The van der Waals surface area contributed by atoms with Crippen LogP contribution in [0.3, 0.4) is 0 Å². The molecule has 1 heterocycles. The number of piperidine rings is 1. The summed E-state index contributed by atoms with van der Waals surface area (Å²) in [5.41, 5.74) is 0. The van der Waals surface area contributed by atoms with Gasteiger partial charge in [-0.15, -0.1) is 0 Å². The molecule has 1 saturated heterocycles. The Morgan fingerprint density at radius 2 is 1.54 bits per heavy atom. The topological polar surface area (TPSA) is 21.7 Å². The summed E-state index contributed by atoms with van der Waals surface area (Å²) in [4.78, 5) is 2.32. The maximum absolute atomic E-state index is 5.71. The van der Waals surface area contributed by atoms with Gasteiger partial charge in [-0.05, 0) is 20.9 Å². The Labute approximate surface area is 81.0 Å². The lowest BCUT2D eigenvalue weighted by Crippen LogP contribution is -2.46. The zero-order valence-electron chi connectivity index (χ0n) is 9.01. The van der Waals surface area contributed by atoms with Crippen molar-refractivity contribution in [3.05, 3.63) is 0 Å². The van der Waals surface area contributed by atoms with Crippen LogP contribution in [0.5, 0.6) is 0 Å². The minimum atomic E-state index is -0.282. The Hall–Kier alpha value is -0.120. The first kappa shape index (κ1) is 11.0. The molecule has 0 aromatic rings. The van der Waals surface area contributed by atoms with E-state index >= 15 is 0 Å². The fourth-order valence-corrected chi connectivity index (χ4v) is 1.82. The van der Waals surface area contributed by atoms with E-state index in [0.29, 0.717) is 0 Å². The van der Waals surface area contributed by atoms with Crippen LogP contribution in [0, 0.1) is 0 Å². The first-order valence-corrected chi connectivity index (χ1v) is 5.19. The van der Waals surface area contributed by atoms with Crippen molar-refractivity contribution in [2.75, 3.05) is 33.4 Å². The van der Waals surface area contributed by atoms with Gasteiger partial charge in [0.2, 0.25) is 0 Å². The van der Waals surface area contributed by atoms with Crippen LogP contribution >= 0.6 is 0 Å². The van der Waals surface area contributed by atoms with E-state index in [1.165, 1.54) is 0 Å². The zero-order valence-corrected chi connectivity index (χ0v) is 9.01. The molecule has 1 fully saturated rings. The molecule has 0 bridgehead atoms. The van der Waals surface area contributed by atoms with Crippen molar-refractivity contribution < 1.29 is 9.47 Å². The van der Waals surface area contributed by atoms with Gasteiger partial charge in [-0.1, -0.05) is 0 Å². The molecule has 3 nitrogen and oxygen atoms in total. The van der Waals surface area contributed by atoms with Gasteiger partial charge in [0.1, 0.15) is 0 Å². The van der Waals surface area contributed by atoms with Gasteiger partial charge in [-0.25, -0.2) is 0 Å². The number of nitrogens with zero attached hydrogens (tertiary/aromatic N) is 1. The van der Waals surface area contributed by atoms with E-state index in [0.717, 1.165) is 39.1 Å². The maximum atomic E-state index is 5.71. The average molecular weight is 187 g/mol. The van der Waals surface area contributed by atoms with Crippen molar-refractivity contribution in [2.24, 2.45) is 0 Å². The standard InChI is InChI=1S/C10H21NO2/c1-4-12-10(13-5-2)6-8-11(3)9-7-10/h4-9H2,1-3H3. The molecule has 1 aliphatic rings. The quantitative estimate of drug-likeness (QED) is 0.622. The molecule has 0 N–H and O–H groups in total. The van der Waals surface area contributed by atoms with E-state index in [9.17, 15) is 0 Å². The summed E-state index contributed by atoms with van der Waals surface area (Å²) >= 11 is 0. The van der Waals surface area contributed by atoms with Crippen LogP contribution in [0.1, 0.15) is 26.7 Å². The van der Waals surface area contributed by atoms with Crippen LogP contribution in [0.15, 0.2) is 0 Å². The SMILES string of the molecule is CCOC1(OCC)CCN(C)CC1. The molecule has 0 radical (unpaired) electrons. The molecule has 1 aliphatic heterocycles. The van der Waals surface area contributed by atoms with Crippen LogP contribution in [-0.2, 0) is 9.47 Å². The largest absolute Gasteiger partial charge is 0.350 e. The Bertz CT molecular complexity index is 134. The van der Waals surface area contributed by atoms with Gasteiger partial charge < -0.3 is 14.4 Å². The van der Waals surface area contributed by atoms with Crippen molar-refractivity contribution in [2.45, 2.75) is 32.5 Å². The number of rotatable bonds is 4. The molecule has 0 unspecified atom stereocenters. The predicted octanol–water partition coefficient (Wildman–Crippen LogP) is 1.48. The second kappa shape index (κ2) is 4.94. The molecular weight excluding hydrogens is 166 g/mol. The highest BCUT2D eigenvalue weighted by Crippen LogP contribution is 2.26. The van der Waals surface area contributed by atoms with Gasteiger partial charge in [-0.2, -0.15) is 0 Å². The van der Waals surface area contributed by atoms with Crippen LogP contribution < -0.4 is 0 Å². The molecule has 0 aromatic heterocycles. The summed E-state index contributed by atoms with van der Waals surface area (Å²) in [7, 11) is 2.14. The van der Waals surface area contributed by atoms with Crippen LogP contribution in [0.2, 0.25) is 0 Å². The van der Waals surface area contributed by atoms with Gasteiger partial charge in [0.25, 0.3) is 0 Å². The Morgan fingerprint density at radius 3 is 1.92 bits per heavy atom. The van der Waals surface area contributed by atoms with Gasteiger partial charge in [-0.3, -0.25) is 0 Å². The molecule has 0 atom stereocenters. The molecule has 78 valence electrons. The smallest absolute Gasteiger partial charge is 0.170 e. The Morgan fingerprint density at radius 1 is 1.08 bits per heavy atom. The minimum Gasteiger partial charge on any atom is -0.350 e. The van der Waals surface area contributed by atoms with Gasteiger partial charge >= 0.3 is 0 Å². The average Bonchev–Trinajstić information content (AvgIpc) is 2.11. The number of hydrogen-bond acceptors (Lipinski definition) is 3. The van der Waals surface area contributed by atoms with Crippen molar-refractivity contribution in [1.82, 2.24) is 4.90 Å². The van der Waals surface area contributed by atoms with Gasteiger partial charge in [0, 0.05) is 39.1 Å². The van der Waals surface area contributed by atoms with Crippen LogP contribution in [0.4, 0.5) is 0 Å². The van der Waals surface area contributed by atoms with E-state index in [1.54, 1.807) is 0 Å². The van der Waals surface area contributed by atoms with Gasteiger partial charge in [0.15, 0.2) is 5.79 Å². The van der Waals surface area contributed by atoms with E-state index in [4.69, 9.17) is 9.47 Å². The van der Waals surface area contributed by atoms with Crippen LogP contribution in [-0.4, -0.2) is 44.0 Å². The van der Waals surface area contributed by atoms with E-state index in [1.807, 2.05) is 13.8 Å². The molecule has 13 heavy (non-hydrogen) atoms. The highest BCUT2D eigenvalue weighted by atomic mass is 16.7. The lowest BCUT2D eigenvalue weighted by Gasteiger charge is -2.39. The first-order chi connectivity index (χ1) is 6.22. The summed E-state index contributed by atoms with van der Waals surface area (Å²) in [5.74, 6) is -0.282. The monoisotopic (exact) mass is 187 g/mol. The van der Waals surface area contributed by atoms with Crippen molar-refractivity contribution in [1.29, 1.82) is 0 Å². The van der Waals surface area contributed by atoms with Gasteiger partial charge in [0.05, 0.1) is 0 Å². The summed E-state index contributed by atoms with van der Waals surface area (Å²) in [6, 6.07) is 0. The lowest BCUT2D eigenvalue weighted by molar-refractivity contribution is -0.252. The molecule has 0 spiro atoms.